The zero-order valence-corrected chi connectivity index (χ0v) is 27.1. The fraction of sp³-hybridized carbons (Fsp3) is 0.706. The molecule has 1 amide bonds. The predicted molar refractivity (Wildman–Crippen MR) is 166 cm³/mol. The van der Waals surface area contributed by atoms with E-state index in [1.165, 1.54) is 0 Å². The van der Waals surface area contributed by atoms with Gasteiger partial charge in [-0.1, -0.05) is 0 Å². The number of likely N-dealkylation sites (N-methyl/N-ethyl adjacent to an activating group) is 1. The Kier molecular flexibility index (Phi) is 9.08. The molecular weight excluding hydrogens is 578 g/mol. The van der Waals surface area contributed by atoms with Crippen LogP contribution < -0.4 is 9.47 Å². The number of piperidine rings is 1. The first-order valence-corrected chi connectivity index (χ1v) is 16.5. The molecule has 2 N–H and O–H groups in total. The lowest BCUT2D eigenvalue weighted by molar-refractivity contribution is -0.178. The van der Waals surface area contributed by atoms with E-state index in [1.807, 2.05) is 13.1 Å². The third-order valence-electron chi connectivity index (χ3n) is 10.4. The van der Waals surface area contributed by atoms with Crippen molar-refractivity contribution >= 4 is 11.9 Å². The molecule has 0 aromatic heterocycles. The lowest BCUT2D eigenvalue weighted by atomic mass is 9.71. The van der Waals surface area contributed by atoms with Crippen LogP contribution in [0.5, 0.6) is 11.5 Å². The van der Waals surface area contributed by atoms with E-state index in [1.54, 1.807) is 25.9 Å². The van der Waals surface area contributed by atoms with Gasteiger partial charge in [-0.3, -0.25) is 9.69 Å². The lowest BCUT2D eigenvalue weighted by Gasteiger charge is -2.48. The number of carbonyl (C=O) groups excluding carboxylic acids is 2. The Hall–Kier alpha value is -2.86. The molecule has 11 heteroatoms. The van der Waals surface area contributed by atoms with Crippen molar-refractivity contribution in [2.75, 3.05) is 60.2 Å². The predicted octanol–water partition coefficient (Wildman–Crippen LogP) is 2.43. The average Bonchev–Trinajstić information content (AvgIpc) is 3.39. The van der Waals surface area contributed by atoms with E-state index in [9.17, 15) is 19.8 Å². The molecule has 0 saturated carbocycles. The molecule has 248 valence electrons. The molecule has 6 rings (SSSR count). The van der Waals surface area contributed by atoms with Gasteiger partial charge in [-0.05, 0) is 101 Å². The molecule has 1 aromatic rings. The van der Waals surface area contributed by atoms with Crippen molar-refractivity contribution in [3.8, 4) is 11.5 Å². The van der Waals surface area contributed by atoms with Gasteiger partial charge in [0.15, 0.2) is 23.2 Å². The van der Waals surface area contributed by atoms with Crippen molar-refractivity contribution in [1.82, 2.24) is 14.7 Å². The van der Waals surface area contributed by atoms with Gasteiger partial charge < -0.3 is 39.0 Å². The Morgan fingerprint density at radius 2 is 1.76 bits per heavy atom. The van der Waals surface area contributed by atoms with Gasteiger partial charge in [0.25, 0.3) is 0 Å². The summed E-state index contributed by atoms with van der Waals surface area (Å²) < 4.78 is 23.8. The molecule has 0 radical (unpaired) electrons. The molecule has 0 spiro atoms. The fourth-order valence-corrected chi connectivity index (χ4v) is 7.89. The molecule has 2 fully saturated rings. The zero-order chi connectivity index (χ0) is 31.9. The summed E-state index contributed by atoms with van der Waals surface area (Å²) in [5.74, 6) is 0.805. The van der Waals surface area contributed by atoms with Crippen molar-refractivity contribution in [2.24, 2.45) is 5.92 Å². The van der Waals surface area contributed by atoms with Crippen LogP contribution in [-0.4, -0.2) is 120 Å². The minimum atomic E-state index is -2.06. The van der Waals surface area contributed by atoms with Crippen LogP contribution in [0.1, 0.15) is 69.4 Å². The number of esters is 1. The number of fused-ring (bicyclic) bond motifs is 3. The van der Waals surface area contributed by atoms with Crippen LogP contribution in [0.2, 0.25) is 0 Å². The number of piperazine rings is 1. The minimum absolute atomic E-state index is 0.00776. The summed E-state index contributed by atoms with van der Waals surface area (Å²) in [4.78, 5) is 34.1. The first-order chi connectivity index (χ1) is 21.5. The van der Waals surface area contributed by atoms with Gasteiger partial charge in [0.05, 0.1) is 19.1 Å². The molecule has 11 nitrogen and oxygen atoms in total. The van der Waals surface area contributed by atoms with Crippen LogP contribution >= 0.6 is 0 Å². The van der Waals surface area contributed by atoms with E-state index in [0.717, 1.165) is 62.3 Å². The van der Waals surface area contributed by atoms with Crippen LogP contribution in [0, 0.1) is 5.92 Å². The molecule has 1 aliphatic carbocycles. The number of ether oxygens (including phenoxy) is 4. The number of hydrogen-bond donors (Lipinski definition) is 2. The maximum atomic E-state index is 14.3. The molecule has 1 unspecified atom stereocenters. The van der Waals surface area contributed by atoms with E-state index in [2.05, 4.69) is 21.9 Å². The normalized spacial score (nSPS) is 27.9. The summed E-state index contributed by atoms with van der Waals surface area (Å²) in [6.45, 7) is 7.93. The Labute approximate surface area is 266 Å². The Morgan fingerprint density at radius 1 is 1.02 bits per heavy atom. The second-order valence-electron chi connectivity index (χ2n) is 14.2. The molecule has 2 saturated heterocycles. The number of hydrogen-bond acceptors (Lipinski definition) is 10. The summed E-state index contributed by atoms with van der Waals surface area (Å²) >= 11 is 0. The fourth-order valence-electron chi connectivity index (χ4n) is 7.89. The highest BCUT2D eigenvalue weighted by Crippen LogP contribution is 2.50. The number of benzene rings is 1. The Balaban J connectivity index is 1.33. The molecular formula is C34H49N3O8. The van der Waals surface area contributed by atoms with Crippen molar-refractivity contribution in [3.63, 3.8) is 0 Å². The van der Waals surface area contributed by atoms with Gasteiger partial charge in [-0.2, -0.15) is 0 Å². The van der Waals surface area contributed by atoms with Gasteiger partial charge in [0, 0.05) is 44.7 Å². The largest absolute Gasteiger partial charge is 0.497 e. The minimum Gasteiger partial charge on any atom is -0.497 e. The molecule has 4 heterocycles. The monoisotopic (exact) mass is 627 g/mol. The summed E-state index contributed by atoms with van der Waals surface area (Å²) in [6.07, 6.45) is 4.52. The van der Waals surface area contributed by atoms with Crippen LogP contribution in [0.15, 0.2) is 24.0 Å². The third kappa shape index (κ3) is 6.68. The van der Waals surface area contributed by atoms with E-state index >= 15 is 0 Å². The van der Waals surface area contributed by atoms with E-state index in [4.69, 9.17) is 18.9 Å². The number of aliphatic hydroxyl groups is 2. The quantitative estimate of drug-likeness (QED) is 0.395. The third-order valence-corrected chi connectivity index (χ3v) is 10.4. The number of methoxy groups -OCH3 is 1. The molecule has 5 atom stereocenters. The zero-order valence-electron chi connectivity index (χ0n) is 27.1. The average molecular weight is 628 g/mol. The van der Waals surface area contributed by atoms with E-state index in [-0.39, 0.29) is 43.4 Å². The Bertz CT molecular complexity index is 1300. The standard InChI is InChI=1S/C34H49N3O8/c1-33(2,40)9-6-10-34(41,20-28(38)36-15-13-35(3)14-16-36)32(39)45-31-27(42-4)18-23-7-5-11-37-12-8-22-17-25-26(44-21-43-25)19-24(22)29(31)30(23)37/h17-19,23,29-31,40-41H,5-16,20-21H2,1-4H3/t23?,29-,30+,31+,34+/m0/s1. The van der Waals surface area contributed by atoms with Crippen LogP contribution in [0.25, 0.3) is 0 Å². The maximum Gasteiger partial charge on any atom is 0.339 e. The van der Waals surface area contributed by atoms with Crippen molar-refractivity contribution in [3.05, 3.63) is 35.1 Å². The molecule has 4 aliphatic heterocycles. The molecule has 45 heavy (non-hydrogen) atoms. The highest BCUT2D eigenvalue weighted by molar-refractivity contribution is 5.88. The van der Waals surface area contributed by atoms with Gasteiger partial charge >= 0.3 is 5.97 Å². The molecule has 5 aliphatic rings. The van der Waals surface area contributed by atoms with E-state index in [0.29, 0.717) is 37.4 Å². The lowest BCUT2D eigenvalue weighted by Crippen LogP contribution is -2.55. The number of amides is 1. The topological polar surface area (TPSA) is 121 Å². The first kappa shape index (κ1) is 32.1. The number of carbonyl (C=O) groups is 2. The number of rotatable bonds is 9. The van der Waals surface area contributed by atoms with E-state index < -0.39 is 23.3 Å². The molecule has 0 bridgehead atoms. The summed E-state index contributed by atoms with van der Waals surface area (Å²) in [5, 5.41) is 22.4. The van der Waals surface area contributed by atoms with Crippen molar-refractivity contribution in [1.29, 1.82) is 0 Å². The first-order valence-electron chi connectivity index (χ1n) is 16.5. The van der Waals surface area contributed by atoms with Gasteiger partial charge in [0.1, 0.15) is 5.76 Å². The summed E-state index contributed by atoms with van der Waals surface area (Å²) in [5.41, 5.74) is -0.868. The Morgan fingerprint density at radius 3 is 2.47 bits per heavy atom. The van der Waals surface area contributed by atoms with Crippen molar-refractivity contribution in [2.45, 2.75) is 88.1 Å². The summed E-state index contributed by atoms with van der Waals surface area (Å²) in [7, 11) is 3.60. The van der Waals surface area contributed by atoms with Crippen LogP contribution in [0.3, 0.4) is 0 Å². The second-order valence-corrected chi connectivity index (χ2v) is 14.2. The number of nitrogens with zero attached hydrogens (tertiary/aromatic N) is 3. The SMILES string of the molecule is COC1=CC2CCCN3CCc4cc5c(cc4[C@H]([C@@H]1OC(=O)[C@@](O)(CCCC(C)(C)O)CC(=O)N1CCN(C)CC1)[C@@H]23)OCO5. The summed E-state index contributed by atoms with van der Waals surface area (Å²) in [6, 6.07) is 4.16. The van der Waals surface area contributed by atoms with Gasteiger partial charge in [-0.25, -0.2) is 4.79 Å². The smallest absolute Gasteiger partial charge is 0.339 e. The van der Waals surface area contributed by atoms with Crippen LogP contribution in [0.4, 0.5) is 0 Å². The van der Waals surface area contributed by atoms with Gasteiger partial charge in [-0.15, -0.1) is 0 Å². The molecule has 1 aromatic carbocycles. The van der Waals surface area contributed by atoms with Gasteiger partial charge in [0.2, 0.25) is 12.7 Å². The maximum absolute atomic E-state index is 14.3. The van der Waals surface area contributed by atoms with Crippen LogP contribution in [-0.2, 0) is 25.5 Å². The van der Waals surface area contributed by atoms with Crippen molar-refractivity contribution < 1.29 is 38.7 Å². The highest BCUT2D eigenvalue weighted by atomic mass is 16.7. The highest BCUT2D eigenvalue weighted by Gasteiger charge is 2.52. The second kappa shape index (κ2) is 12.7.